The number of rotatable bonds is 7. The fourth-order valence-electron chi connectivity index (χ4n) is 2.78. The minimum absolute atomic E-state index is 0.0157. The van der Waals surface area contributed by atoms with Crippen LogP contribution in [0.3, 0.4) is 0 Å². The van der Waals surface area contributed by atoms with Crippen molar-refractivity contribution in [3.63, 3.8) is 0 Å². The number of hydrogen-bond acceptors (Lipinski definition) is 6. The fourth-order valence-corrected chi connectivity index (χ4v) is 3.65. The van der Waals surface area contributed by atoms with Gasteiger partial charge in [-0.3, -0.25) is 9.59 Å². The Morgan fingerprint density at radius 2 is 2.03 bits per heavy atom. The van der Waals surface area contributed by atoms with Crippen LogP contribution in [0.2, 0.25) is 0 Å². The maximum absolute atomic E-state index is 12.9. The number of pyridine rings is 1. The first-order valence-corrected chi connectivity index (χ1v) is 10.3. The number of anilines is 1. The van der Waals surface area contributed by atoms with Gasteiger partial charge in [0.25, 0.3) is 0 Å². The molecule has 0 saturated heterocycles. The standard InChI is InChI=1S/C21H19F3N4O3S/c1-13-6-7-25-20(26-13)32-12-16-9-17(29)18(31-2)10-28(16)11-19(30)27-15-5-3-4-14(8-15)21(22,23)24/h3-10H,11-12H2,1-2H3,(H,27,30). The Hall–Kier alpha value is -3.34. The molecule has 0 aliphatic carbocycles. The van der Waals surface area contributed by atoms with E-state index in [1.165, 1.54) is 47.8 Å². The van der Waals surface area contributed by atoms with Crippen LogP contribution in [0.1, 0.15) is 17.0 Å². The lowest BCUT2D eigenvalue weighted by Gasteiger charge is -2.15. The van der Waals surface area contributed by atoms with Gasteiger partial charge in [-0.15, -0.1) is 0 Å². The van der Waals surface area contributed by atoms with Crippen LogP contribution in [0.25, 0.3) is 0 Å². The highest BCUT2D eigenvalue weighted by molar-refractivity contribution is 7.98. The number of methoxy groups -OCH3 is 1. The van der Waals surface area contributed by atoms with Gasteiger partial charge in [0.15, 0.2) is 10.9 Å². The van der Waals surface area contributed by atoms with Crippen molar-refractivity contribution in [3.8, 4) is 5.75 Å². The molecule has 0 radical (unpaired) electrons. The van der Waals surface area contributed by atoms with Crippen LogP contribution >= 0.6 is 11.8 Å². The number of nitrogens with one attached hydrogen (secondary N) is 1. The first kappa shape index (κ1) is 23.3. The third-order valence-electron chi connectivity index (χ3n) is 4.31. The second-order valence-corrected chi connectivity index (χ2v) is 7.66. The number of nitrogens with zero attached hydrogens (tertiary/aromatic N) is 3. The molecular formula is C21H19F3N4O3S. The predicted molar refractivity (Wildman–Crippen MR) is 114 cm³/mol. The molecule has 3 rings (SSSR count). The van der Waals surface area contributed by atoms with E-state index in [2.05, 4.69) is 15.3 Å². The van der Waals surface area contributed by atoms with Gasteiger partial charge < -0.3 is 14.6 Å². The summed E-state index contributed by atoms with van der Waals surface area (Å²) in [6.07, 6.45) is -1.51. The van der Waals surface area contributed by atoms with Crippen molar-refractivity contribution < 1.29 is 22.7 Å². The first-order valence-electron chi connectivity index (χ1n) is 9.32. The number of aryl methyl sites for hydroxylation is 1. The third-order valence-corrected chi connectivity index (χ3v) is 5.21. The van der Waals surface area contributed by atoms with Crippen LogP contribution in [0, 0.1) is 6.92 Å². The molecule has 2 heterocycles. The molecule has 0 atom stereocenters. The molecule has 7 nitrogen and oxygen atoms in total. The third kappa shape index (κ3) is 6.10. The van der Waals surface area contributed by atoms with Crippen molar-refractivity contribution in [1.29, 1.82) is 0 Å². The minimum Gasteiger partial charge on any atom is -0.491 e. The average molecular weight is 464 g/mol. The van der Waals surface area contributed by atoms with Crippen molar-refractivity contribution >= 4 is 23.4 Å². The number of aromatic nitrogens is 3. The van der Waals surface area contributed by atoms with Gasteiger partial charge in [-0.2, -0.15) is 13.2 Å². The zero-order valence-electron chi connectivity index (χ0n) is 17.1. The molecule has 0 spiro atoms. The molecule has 0 unspecified atom stereocenters. The topological polar surface area (TPSA) is 86.1 Å². The molecule has 2 aromatic heterocycles. The van der Waals surface area contributed by atoms with Crippen molar-refractivity contribution in [1.82, 2.24) is 14.5 Å². The first-order chi connectivity index (χ1) is 15.2. The van der Waals surface area contributed by atoms with E-state index in [-0.39, 0.29) is 23.4 Å². The van der Waals surface area contributed by atoms with E-state index in [1.54, 1.807) is 12.3 Å². The van der Waals surface area contributed by atoms with Crippen LogP contribution in [0.15, 0.2) is 58.7 Å². The lowest BCUT2D eigenvalue weighted by atomic mass is 10.2. The Morgan fingerprint density at radius 1 is 1.25 bits per heavy atom. The summed E-state index contributed by atoms with van der Waals surface area (Å²) < 4.78 is 45.3. The SMILES string of the molecule is COc1cn(CC(=O)Nc2cccc(C(F)(F)F)c2)c(CSc2nccc(C)n2)cc1=O. The number of amides is 1. The fraction of sp³-hybridized carbons (Fsp3) is 0.238. The van der Waals surface area contributed by atoms with Crippen LogP contribution in [0.4, 0.5) is 18.9 Å². The number of carbonyl (C=O) groups excluding carboxylic acids is 1. The Morgan fingerprint density at radius 3 is 2.72 bits per heavy atom. The molecule has 3 aromatic rings. The van der Waals surface area contributed by atoms with Crippen molar-refractivity contribution in [2.24, 2.45) is 0 Å². The van der Waals surface area contributed by atoms with Crippen molar-refractivity contribution in [2.45, 2.75) is 30.6 Å². The summed E-state index contributed by atoms with van der Waals surface area (Å²) in [6.45, 7) is 1.59. The van der Waals surface area contributed by atoms with E-state index in [0.29, 0.717) is 16.6 Å². The second kappa shape index (κ2) is 9.86. The smallest absolute Gasteiger partial charge is 0.416 e. The van der Waals surface area contributed by atoms with Gasteiger partial charge in [0, 0.05) is 35.1 Å². The molecule has 168 valence electrons. The number of ether oxygens (including phenoxy) is 1. The van der Waals surface area contributed by atoms with Gasteiger partial charge in [-0.1, -0.05) is 17.8 Å². The number of hydrogen-bond donors (Lipinski definition) is 1. The van der Waals surface area contributed by atoms with Crippen LogP contribution in [0.5, 0.6) is 5.75 Å². The normalized spacial score (nSPS) is 11.3. The quantitative estimate of drug-likeness (QED) is 0.422. The van der Waals surface area contributed by atoms with Crippen LogP contribution in [-0.2, 0) is 23.3 Å². The summed E-state index contributed by atoms with van der Waals surface area (Å²) in [5, 5.41) is 2.96. The Balaban J connectivity index is 1.79. The molecule has 0 aliphatic heterocycles. The Bertz CT molecular complexity index is 1180. The molecule has 1 amide bonds. The molecule has 11 heteroatoms. The molecule has 32 heavy (non-hydrogen) atoms. The Kier molecular flexibility index (Phi) is 7.18. The molecular weight excluding hydrogens is 445 g/mol. The van der Waals surface area contributed by atoms with E-state index >= 15 is 0 Å². The number of carbonyl (C=O) groups is 1. The summed E-state index contributed by atoms with van der Waals surface area (Å²) >= 11 is 1.28. The van der Waals surface area contributed by atoms with E-state index < -0.39 is 17.6 Å². The minimum atomic E-state index is -4.52. The highest BCUT2D eigenvalue weighted by Crippen LogP contribution is 2.30. The van der Waals surface area contributed by atoms with Gasteiger partial charge in [-0.05, 0) is 31.2 Å². The predicted octanol–water partition coefficient (Wildman–Crippen LogP) is 3.91. The maximum atomic E-state index is 12.9. The number of alkyl halides is 3. The van der Waals surface area contributed by atoms with E-state index in [1.807, 2.05) is 6.92 Å². The van der Waals surface area contributed by atoms with Crippen molar-refractivity contribution in [2.75, 3.05) is 12.4 Å². The summed E-state index contributed by atoms with van der Waals surface area (Å²) in [5.41, 5.74) is 0.0838. The highest BCUT2D eigenvalue weighted by Gasteiger charge is 2.30. The van der Waals surface area contributed by atoms with Gasteiger partial charge in [0.2, 0.25) is 11.3 Å². The summed E-state index contributed by atoms with van der Waals surface area (Å²) in [7, 11) is 1.33. The summed E-state index contributed by atoms with van der Waals surface area (Å²) in [4.78, 5) is 33.2. The van der Waals surface area contributed by atoms with E-state index in [4.69, 9.17) is 4.74 Å². The number of benzene rings is 1. The molecule has 0 bridgehead atoms. The second-order valence-electron chi connectivity index (χ2n) is 6.72. The van der Waals surface area contributed by atoms with Crippen LogP contribution < -0.4 is 15.5 Å². The summed E-state index contributed by atoms with van der Waals surface area (Å²) in [5.74, 6) is -0.231. The number of halogens is 3. The highest BCUT2D eigenvalue weighted by atomic mass is 32.2. The zero-order chi connectivity index (χ0) is 23.3. The lowest BCUT2D eigenvalue weighted by Crippen LogP contribution is -2.23. The molecule has 1 N–H and O–H groups in total. The zero-order valence-corrected chi connectivity index (χ0v) is 18.0. The molecule has 1 aromatic carbocycles. The van der Waals surface area contributed by atoms with Crippen molar-refractivity contribution in [3.05, 3.63) is 76.0 Å². The van der Waals surface area contributed by atoms with Gasteiger partial charge >= 0.3 is 6.18 Å². The van der Waals surface area contributed by atoms with Gasteiger partial charge in [0.1, 0.15) is 6.54 Å². The molecule has 0 aliphatic rings. The summed E-state index contributed by atoms with van der Waals surface area (Å²) in [6, 6.07) is 7.46. The van der Waals surface area contributed by atoms with Gasteiger partial charge in [-0.25, -0.2) is 9.97 Å². The van der Waals surface area contributed by atoms with Crippen LogP contribution in [-0.4, -0.2) is 27.6 Å². The van der Waals surface area contributed by atoms with E-state index in [9.17, 15) is 22.8 Å². The Labute approximate surface area is 185 Å². The largest absolute Gasteiger partial charge is 0.491 e. The lowest BCUT2D eigenvalue weighted by molar-refractivity contribution is -0.137. The van der Waals surface area contributed by atoms with E-state index in [0.717, 1.165) is 17.8 Å². The molecule has 0 saturated carbocycles. The maximum Gasteiger partial charge on any atom is 0.416 e. The monoisotopic (exact) mass is 464 g/mol. The average Bonchev–Trinajstić information content (AvgIpc) is 2.73. The molecule has 0 fully saturated rings. The van der Waals surface area contributed by atoms with Gasteiger partial charge in [0.05, 0.1) is 18.9 Å². The number of thioether (sulfide) groups is 1.